The number of aliphatic hydroxyl groups is 1. The van der Waals surface area contributed by atoms with Gasteiger partial charge in [-0.15, -0.1) is 0 Å². The molecule has 0 aliphatic carbocycles. The molecule has 1 fully saturated rings. The third-order valence-corrected chi connectivity index (χ3v) is 5.02. The van der Waals surface area contributed by atoms with E-state index < -0.39 is 31.6 Å². The van der Waals surface area contributed by atoms with Gasteiger partial charge in [0.2, 0.25) is 10.0 Å². The number of nitro benzene ring substituents is 1. The monoisotopic (exact) mass is 302 g/mol. The molecule has 1 aromatic carbocycles. The molecule has 0 spiro atoms. The number of rotatable bonds is 4. The molecule has 1 aliphatic rings. The highest BCUT2D eigenvalue weighted by Crippen LogP contribution is 2.31. The van der Waals surface area contributed by atoms with Gasteiger partial charge in [0, 0.05) is 13.1 Å². The normalized spacial score (nSPS) is 20.0. The molecule has 0 radical (unpaired) electrons. The minimum atomic E-state index is -4.00. The highest BCUT2D eigenvalue weighted by Gasteiger charge is 2.36. The molecule has 9 heteroatoms. The number of hydrogen-bond donors (Lipinski definition) is 1. The van der Waals surface area contributed by atoms with Crippen LogP contribution in [0.5, 0.6) is 5.75 Å². The lowest BCUT2D eigenvalue weighted by atomic mass is 10.3. The van der Waals surface area contributed by atoms with Crippen LogP contribution in [0.1, 0.15) is 6.42 Å². The number of ether oxygens (including phenoxy) is 1. The number of benzene rings is 1. The first-order valence-electron chi connectivity index (χ1n) is 5.87. The Hall–Kier alpha value is -1.71. The molecule has 0 aromatic heterocycles. The second-order valence-corrected chi connectivity index (χ2v) is 6.30. The number of β-amino-alcohol motifs (C(OH)–C–C–N with tert-alkyl or cyclic N) is 1. The van der Waals surface area contributed by atoms with E-state index in [1.54, 1.807) is 0 Å². The molecule has 8 nitrogen and oxygen atoms in total. The maximum absolute atomic E-state index is 12.4. The predicted octanol–water partition coefficient (Wildman–Crippen LogP) is 0.359. The maximum atomic E-state index is 12.4. The molecule has 1 saturated heterocycles. The van der Waals surface area contributed by atoms with Crippen molar-refractivity contribution in [3.63, 3.8) is 0 Å². The minimum absolute atomic E-state index is 0.0501. The molecular formula is C11H14N2O6S. The molecule has 1 atom stereocenters. The molecule has 20 heavy (non-hydrogen) atoms. The van der Waals surface area contributed by atoms with E-state index in [0.29, 0.717) is 6.42 Å². The van der Waals surface area contributed by atoms with Crippen molar-refractivity contribution in [1.29, 1.82) is 0 Å². The Kier molecular flexibility index (Phi) is 3.93. The molecule has 0 amide bonds. The Bertz CT molecular complexity index is 630. The highest BCUT2D eigenvalue weighted by molar-refractivity contribution is 7.89. The van der Waals surface area contributed by atoms with Gasteiger partial charge in [0.05, 0.1) is 24.2 Å². The summed E-state index contributed by atoms with van der Waals surface area (Å²) < 4.78 is 30.7. The van der Waals surface area contributed by atoms with E-state index in [-0.39, 0.29) is 18.8 Å². The van der Waals surface area contributed by atoms with Crippen LogP contribution in [0.3, 0.4) is 0 Å². The van der Waals surface area contributed by atoms with Crippen molar-refractivity contribution in [2.24, 2.45) is 0 Å². The number of aliphatic hydroxyl groups excluding tert-OH is 1. The first-order valence-corrected chi connectivity index (χ1v) is 7.31. The summed E-state index contributed by atoms with van der Waals surface area (Å²) in [6, 6.07) is 3.57. The van der Waals surface area contributed by atoms with Gasteiger partial charge in [0.25, 0.3) is 5.69 Å². The lowest BCUT2D eigenvalue weighted by molar-refractivity contribution is -0.387. The summed E-state index contributed by atoms with van der Waals surface area (Å²) in [6.45, 7) is 0.0954. The van der Waals surface area contributed by atoms with E-state index in [0.717, 1.165) is 16.4 Å². The van der Waals surface area contributed by atoms with Gasteiger partial charge < -0.3 is 9.84 Å². The van der Waals surface area contributed by atoms with Gasteiger partial charge >= 0.3 is 0 Å². The van der Waals surface area contributed by atoms with Crippen molar-refractivity contribution in [2.75, 3.05) is 20.2 Å². The smallest absolute Gasteiger partial charge is 0.293 e. The molecule has 110 valence electrons. The van der Waals surface area contributed by atoms with Crippen LogP contribution < -0.4 is 4.74 Å². The Morgan fingerprint density at radius 2 is 2.20 bits per heavy atom. The molecule has 0 unspecified atom stereocenters. The molecule has 0 saturated carbocycles. The zero-order chi connectivity index (χ0) is 14.9. The molecule has 1 aromatic rings. The Labute approximate surface area is 115 Å². The van der Waals surface area contributed by atoms with Gasteiger partial charge in [-0.05, 0) is 18.6 Å². The van der Waals surface area contributed by atoms with Crippen molar-refractivity contribution in [1.82, 2.24) is 4.31 Å². The summed E-state index contributed by atoms with van der Waals surface area (Å²) >= 11 is 0. The van der Waals surface area contributed by atoms with E-state index in [2.05, 4.69) is 0 Å². The van der Waals surface area contributed by atoms with Crippen molar-refractivity contribution in [3.05, 3.63) is 28.3 Å². The van der Waals surface area contributed by atoms with Crippen molar-refractivity contribution < 1.29 is 23.2 Å². The van der Waals surface area contributed by atoms with E-state index in [9.17, 15) is 23.6 Å². The molecule has 0 bridgehead atoms. The van der Waals surface area contributed by atoms with Crippen LogP contribution in [0, 0.1) is 10.1 Å². The Morgan fingerprint density at radius 3 is 2.70 bits per heavy atom. The highest BCUT2D eigenvalue weighted by atomic mass is 32.2. The molecular weight excluding hydrogens is 288 g/mol. The van der Waals surface area contributed by atoms with Crippen LogP contribution in [0.25, 0.3) is 0 Å². The summed E-state index contributed by atoms with van der Waals surface area (Å²) in [5.74, 6) is 0.206. The van der Waals surface area contributed by atoms with E-state index >= 15 is 0 Å². The minimum Gasteiger partial charge on any atom is -0.497 e. The van der Waals surface area contributed by atoms with E-state index in [4.69, 9.17) is 4.74 Å². The van der Waals surface area contributed by atoms with Gasteiger partial charge in [0.1, 0.15) is 5.75 Å². The second-order valence-electron chi connectivity index (χ2n) is 4.40. The third kappa shape index (κ3) is 2.60. The van der Waals surface area contributed by atoms with Crippen molar-refractivity contribution in [3.8, 4) is 5.75 Å². The maximum Gasteiger partial charge on any atom is 0.293 e. The third-order valence-electron chi connectivity index (χ3n) is 3.11. The van der Waals surface area contributed by atoms with E-state index in [1.807, 2.05) is 0 Å². The van der Waals surface area contributed by atoms with Crippen LogP contribution in [0.15, 0.2) is 23.1 Å². The van der Waals surface area contributed by atoms with Crippen molar-refractivity contribution >= 4 is 15.7 Å². The topological polar surface area (TPSA) is 110 Å². The van der Waals surface area contributed by atoms with Gasteiger partial charge in [-0.2, -0.15) is 4.31 Å². The summed E-state index contributed by atoms with van der Waals surface area (Å²) in [5, 5.41) is 20.4. The zero-order valence-electron chi connectivity index (χ0n) is 10.7. The van der Waals surface area contributed by atoms with E-state index in [1.165, 1.54) is 13.2 Å². The first-order chi connectivity index (χ1) is 9.36. The number of nitrogens with zero attached hydrogens (tertiary/aromatic N) is 2. The van der Waals surface area contributed by atoms with Crippen LogP contribution in [-0.4, -0.2) is 49.1 Å². The fraction of sp³-hybridized carbons (Fsp3) is 0.455. The quantitative estimate of drug-likeness (QED) is 0.635. The summed E-state index contributed by atoms with van der Waals surface area (Å²) in [4.78, 5) is 9.88. The Morgan fingerprint density at radius 1 is 1.50 bits per heavy atom. The van der Waals surface area contributed by atoms with Crippen LogP contribution >= 0.6 is 0 Å². The molecule has 1 aliphatic heterocycles. The Balaban J connectivity index is 2.48. The lowest BCUT2D eigenvalue weighted by Gasteiger charge is -2.15. The van der Waals surface area contributed by atoms with Gasteiger partial charge in [-0.25, -0.2) is 8.42 Å². The van der Waals surface area contributed by atoms with Crippen LogP contribution in [-0.2, 0) is 10.0 Å². The van der Waals surface area contributed by atoms with Gasteiger partial charge in [-0.1, -0.05) is 0 Å². The summed E-state index contributed by atoms with van der Waals surface area (Å²) in [6.07, 6.45) is -0.412. The number of sulfonamides is 1. The second kappa shape index (κ2) is 5.35. The average molecular weight is 302 g/mol. The van der Waals surface area contributed by atoms with Crippen LogP contribution in [0.2, 0.25) is 0 Å². The number of methoxy groups -OCH3 is 1. The fourth-order valence-corrected chi connectivity index (χ4v) is 3.68. The van der Waals surface area contributed by atoms with Gasteiger partial charge in [-0.3, -0.25) is 10.1 Å². The van der Waals surface area contributed by atoms with Crippen molar-refractivity contribution in [2.45, 2.75) is 17.4 Å². The largest absolute Gasteiger partial charge is 0.497 e. The molecule has 2 rings (SSSR count). The zero-order valence-corrected chi connectivity index (χ0v) is 11.5. The number of nitro groups is 1. The summed E-state index contributed by atoms with van der Waals surface area (Å²) in [5.41, 5.74) is -0.536. The first kappa shape index (κ1) is 14.7. The molecule has 1 N–H and O–H groups in total. The standard InChI is InChI=1S/C11H14N2O6S/c1-19-9-2-3-11(10(6-9)13(15)16)20(17,18)12-5-4-8(14)7-12/h2-3,6,8,14H,4-5,7H2,1H3/t8-/m0/s1. The number of hydrogen-bond acceptors (Lipinski definition) is 6. The predicted molar refractivity (Wildman–Crippen MR) is 69.0 cm³/mol. The summed E-state index contributed by atoms with van der Waals surface area (Å²) in [7, 11) is -2.66. The SMILES string of the molecule is COc1ccc(S(=O)(=O)N2CC[C@H](O)C2)c([N+](=O)[O-])c1. The lowest BCUT2D eigenvalue weighted by Crippen LogP contribution is -2.30. The van der Waals surface area contributed by atoms with Crippen LogP contribution in [0.4, 0.5) is 5.69 Å². The molecule has 1 heterocycles. The average Bonchev–Trinajstić information content (AvgIpc) is 2.85. The fourth-order valence-electron chi connectivity index (χ4n) is 2.05. The van der Waals surface area contributed by atoms with Gasteiger partial charge in [0.15, 0.2) is 4.90 Å².